The maximum atomic E-state index is 14.3. The smallest absolute Gasteiger partial charge is 0.307 e. The molecule has 1 heterocycles. The summed E-state index contributed by atoms with van der Waals surface area (Å²) < 4.78 is 33.9. The van der Waals surface area contributed by atoms with Crippen LogP contribution in [0.3, 0.4) is 0 Å². The number of carboxylic acid groups (broad SMARTS) is 1. The summed E-state index contributed by atoms with van der Waals surface area (Å²) in [6.07, 6.45) is 4.05. The Morgan fingerprint density at radius 2 is 2.00 bits per heavy atom. The molecule has 142 valence electrons. The second-order valence-corrected chi connectivity index (χ2v) is 8.35. The van der Waals surface area contributed by atoms with E-state index < -0.39 is 29.3 Å². The highest BCUT2D eigenvalue weighted by Crippen LogP contribution is 2.48. The lowest BCUT2D eigenvalue weighted by Gasteiger charge is -2.24. The van der Waals surface area contributed by atoms with Crippen LogP contribution in [-0.4, -0.2) is 21.3 Å². The summed E-state index contributed by atoms with van der Waals surface area (Å²) in [6, 6.07) is 7.89. The Balaban J connectivity index is 1.42. The molecule has 0 bridgehead atoms. The topological polar surface area (TPSA) is 59.4 Å². The van der Waals surface area contributed by atoms with Crippen molar-refractivity contribution in [2.75, 3.05) is 0 Å². The predicted molar refractivity (Wildman–Crippen MR) is 96.9 cm³/mol. The number of halogens is 2. The van der Waals surface area contributed by atoms with Crippen LogP contribution in [0.5, 0.6) is 5.75 Å². The highest BCUT2D eigenvalue weighted by molar-refractivity contribution is 7.99. The van der Waals surface area contributed by atoms with Crippen molar-refractivity contribution in [2.45, 2.75) is 48.5 Å². The number of rotatable bonds is 7. The van der Waals surface area contributed by atoms with Gasteiger partial charge in [-0.25, -0.2) is 13.8 Å². The minimum absolute atomic E-state index is 0.0343. The predicted octanol–water partition coefficient (Wildman–Crippen LogP) is 4.77. The molecule has 0 aliphatic heterocycles. The number of ether oxygens (including phenoxy) is 1. The van der Waals surface area contributed by atoms with E-state index in [0.29, 0.717) is 22.9 Å². The van der Waals surface area contributed by atoms with Crippen molar-refractivity contribution in [1.29, 1.82) is 0 Å². The molecule has 2 fully saturated rings. The highest BCUT2D eigenvalue weighted by Gasteiger charge is 2.44. The van der Waals surface area contributed by atoms with Gasteiger partial charge in [0.25, 0.3) is 0 Å². The van der Waals surface area contributed by atoms with Crippen molar-refractivity contribution in [3.05, 3.63) is 53.2 Å². The maximum Gasteiger partial charge on any atom is 0.307 e. The lowest BCUT2D eigenvalue weighted by atomic mass is 10.0. The Kier molecular flexibility index (Phi) is 5.04. The molecule has 2 aromatic rings. The first-order valence-electron chi connectivity index (χ1n) is 8.98. The fraction of sp³-hybridized carbons (Fsp3) is 0.400. The second-order valence-electron chi connectivity index (χ2n) is 7.03. The van der Waals surface area contributed by atoms with E-state index in [1.54, 1.807) is 17.8 Å². The lowest BCUT2D eigenvalue weighted by Crippen LogP contribution is -2.13. The molecule has 0 amide bonds. The Labute approximate surface area is 160 Å². The molecule has 7 heteroatoms. The standard InChI is InChI=1S/C20H19F2NO3S/c21-16-7-11(14-9-15(14)20(24)25)8-17(22)19(16)26-10-12-3-1-6-18(23-12)27-13-4-2-5-13/h1,3,6-8,13-15H,2,4-5,9-10H2,(H,24,25). The fourth-order valence-corrected chi connectivity index (χ4v) is 4.41. The normalized spacial score (nSPS) is 21.6. The summed E-state index contributed by atoms with van der Waals surface area (Å²) in [5.41, 5.74) is 0.970. The van der Waals surface area contributed by atoms with E-state index >= 15 is 0 Å². The van der Waals surface area contributed by atoms with Gasteiger partial charge in [0, 0.05) is 5.25 Å². The Morgan fingerprint density at radius 3 is 2.59 bits per heavy atom. The van der Waals surface area contributed by atoms with Crippen LogP contribution >= 0.6 is 11.8 Å². The molecule has 1 aromatic heterocycles. The van der Waals surface area contributed by atoms with Gasteiger partial charge in [-0.1, -0.05) is 12.5 Å². The Morgan fingerprint density at radius 1 is 1.26 bits per heavy atom. The first kappa shape index (κ1) is 18.2. The van der Waals surface area contributed by atoms with E-state index in [4.69, 9.17) is 9.84 Å². The molecule has 2 atom stereocenters. The molecule has 1 N–H and O–H groups in total. The van der Waals surface area contributed by atoms with Gasteiger partial charge < -0.3 is 9.84 Å². The number of benzene rings is 1. The number of aliphatic carboxylic acids is 1. The third-order valence-corrected chi connectivity index (χ3v) is 6.32. The molecule has 0 radical (unpaired) electrons. The lowest BCUT2D eigenvalue weighted by molar-refractivity contribution is -0.138. The van der Waals surface area contributed by atoms with Gasteiger partial charge >= 0.3 is 5.97 Å². The SMILES string of the molecule is O=C(O)C1CC1c1cc(F)c(OCc2cccc(SC3CCC3)n2)c(F)c1. The number of nitrogens with zero attached hydrogens (tertiary/aromatic N) is 1. The summed E-state index contributed by atoms with van der Waals surface area (Å²) in [4.78, 5) is 15.4. The van der Waals surface area contributed by atoms with Crippen LogP contribution < -0.4 is 4.74 Å². The van der Waals surface area contributed by atoms with Gasteiger partial charge in [-0.15, -0.1) is 11.8 Å². The van der Waals surface area contributed by atoms with Crippen LogP contribution in [-0.2, 0) is 11.4 Å². The molecule has 2 aliphatic carbocycles. The van der Waals surface area contributed by atoms with E-state index in [0.717, 1.165) is 5.03 Å². The molecular formula is C20H19F2NO3S. The third-order valence-electron chi connectivity index (χ3n) is 5.04. The zero-order chi connectivity index (χ0) is 19.0. The first-order chi connectivity index (χ1) is 13.0. The zero-order valence-electron chi connectivity index (χ0n) is 14.5. The number of carboxylic acids is 1. The van der Waals surface area contributed by atoms with Gasteiger partial charge in [0.2, 0.25) is 0 Å². The zero-order valence-corrected chi connectivity index (χ0v) is 15.3. The number of carbonyl (C=O) groups is 1. The molecule has 1 aromatic carbocycles. The Hall–Kier alpha value is -2.15. The van der Waals surface area contributed by atoms with E-state index in [1.807, 2.05) is 12.1 Å². The van der Waals surface area contributed by atoms with Gasteiger partial charge in [0.15, 0.2) is 17.4 Å². The fourth-order valence-electron chi connectivity index (χ4n) is 3.18. The van der Waals surface area contributed by atoms with E-state index in [9.17, 15) is 13.6 Å². The van der Waals surface area contributed by atoms with Gasteiger partial charge in [0.05, 0.1) is 16.6 Å². The van der Waals surface area contributed by atoms with Gasteiger partial charge in [-0.2, -0.15) is 0 Å². The van der Waals surface area contributed by atoms with Crippen molar-refractivity contribution >= 4 is 17.7 Å². The summed E-state index contributed by atoms with van der Waals surface area (Å²) in [6.45, 7) is -0.0343. The largest absolute Gasteiger partial charge is 0.481 e. The highest BCUT2D eigenvalue weighted by atomic mass is 32.2. The van der Waals surface area contributed by atoms with Crippen molar-refractivity contribution in [2.24, 2.45) is 5.92 Å². The van der Waals surface area contributed by atoms with Gasteiger partial charge in [-0.3, -0.25) is 4.79 Å². The van der Waals surface area contributed by atoms with E-state index in [1.165, 1.54) is 31.4 Å². The maximum absolute atomic E-state index is 14.3. The number of aromatic nitrogens is 1. The van der Waals surface area contributed by atoms with Crippen molar-refractivity contribution in [3.63, 3.8) is 0 Å². The number of hydrogen-bond donors (Lipinski definition) is 1. The molecule has 0 saturated heterocycles. The average Bonchev–Trinajstić information content (AvgIpc) is 3.39. The van der Waals surface area contributed by atoms with Crippen LogP contribution in [0.25, 0.3) is 0 Å². The number of pyridine rings is 1. The quantitative estimate of drug-likeness (QED) is 0.737. The molecule has 0 spiro atoms. The van der Waals surface area contributed by atoms with Crippen LogP contribution in [0.1, 0.15) is 42.9 Å². The van der Waals surface area contributed by atoms with Gasteiger partial charge in [-0.05, 0) is 55.0 Å². The molecule has 2 aliphatic rings. The van der Waals surface area contributed by atoms with Crippen LogP contribution in [0.2, 0.25) is 0 Å². The van der Waals surface area contributed by atoms with Gasteiger partial charge in [0.1, 0.15) is 6.61 Å². The number of thioether (sulfide) groups is 1. The third kappa shape index (κ3) is 4.08. The Bertz CT molecular complexity index is 849. The van der Waals surface area contributed by atoms with Crippen molar-refractivity contribution < 1.29 is 23.4 Å². The monoisotopic (exact) mass is 391 g/mol. The summed E-state index contributed by atoms with van der Waals surface area (Å²) in [5, 5.41) is 10.5. The molecule has 4 nitrogen and oxygen atoms in total. The molecule has 27 heavy (non-hydrogen) atoms. The summed E-state index contributed by atoms with van der Waals surface area (Å²) in [7, 11) is 0. The molecular weight excluding hydrogens is 372 g/mol. The van der Waals surface area contributed by atoms with Crippen LogP contribution in [0, 0.1) is 17.6 Å². The second kappa shape index (κ2) is 7.46. The summed E-state index contributed by atoms with van der Waals surface area (Å²) >= 11 is 1.72. The average molecular weight is 391 g/mol. The molecule has 2 unspecified atom stereocenters. The minimum Gasteiger partial charge on any atom is -0.481 e. The number of hydrogen-bond acceptors (Lipinski definition) is 4. The van der Waals surface area contributed by atoms with Crippen LogP contribution in [0.4, 0.5) is 8.78 Å². The van der Waals surface area contributed by atoms with Crippen molar-refractivity contribution in [1.82, 2.24) is 4.98 Å². The molecule has 2 saturated carbocycles. The van der Waals surface area contributed by atoms with Crippen molar-refractivity contribution in [3.8, 4) is 5.75 Å². The summed E-state index contributed by atoms with van der Waals surface area (Å²) in [5.74, 6) is -3.92. The molecule has 4 rings (SSSR count). The minimum atomic E-state index is -0.938. The first-order valence-corrected chi connectivity index (χ1v) is 9.86. The van der Waals surface area contributed by atoms with E-state index in [-0.39, 0.29) is 12.5 Å². The van der Waals surface area contributed by atoms with E-state index in [2.05, 4.69) is 4.98 Å². The van der Waals surface area contributed by atoms with Crippen LogP contribution in [0.15, 0.2) is 35.4 Å².